The van der Waals surface area contributed by atoms with E-state index in [-0.39, 0.29) is 11.5 Å². The summed E-state index contributed by atoms with van der Waals surface area (Å²) >= 11 is 3.06. The minimum Gasteiger partial charge on any atom is -0.446 e. The van der Waals surface area contributed by atoms with Gasteiger partial charge in [0.1, 0.15) is 0 Å². The lowest BCUT2D eigenvalue weighted by Crippen LogP contribution is -2.18. The lowest BCUT2D eigenvalue weighted by atomic mass is 10.4. The zero-order valence-corrected chi connectivity index (χ0v) is 14.3. The fourth-order valence-electron chi connectivity index (χ4n) is 1.72. The van der Waals surface area contributed by atoms with Gasteiger partial charge in [0, 0.05) is 11.1 Å². The Hall–Kier alpha value is -3.04. The molecule has 0 saturated heterocycles. The largest absolute Gasteiger partial charge is 0.446 e. The fourth-order valence-corrected chi connectivity index (χ4v) is 2.94. The van der Waals surface area contributed by atoms with Crippen LogP contribution in [0.4, 0.5) is 0 Å². The Bertz CT molecular complexity index is 823. The van der Waals surface area contributed by atoms with Crippen LogP contribution in [-0.2, 0) is 0 Å². The third-order valence-electron chi connectivity index (χ3n) is 2.90. The number of thiophene rings is 2. The lowest BCUT2D eigenvalue weighted by molar-refractivity contribution is 0.0902. The summed E-state index contributed by atoms with van der Waals surface area (Å²) in [7, 11) is 0. The number of nitrogens with one attached hydrogen (secondary N) is 2. The Morgan fingerprint density at radius 3 is 1.72 bits per heavy atom. The number of hydrazone groups is 2. The molecule has 0 bridgehead atoms. The molecule has 0 spiro atoms. The Morgan fingerprint density at radius 1 is 0.840 bits per heavy atom. The summed E-state index contributed by atoms with van der Waals surface area (Å²) in [6.45, 7) is 0. The molecule has 3 rings (SSSR count). The summed E-state index contributed by atoms with van der Waals surface area (Å²) in [6, 6.07) is 6.53. The van der Waals surface area contributed by atoms with Crippen LogP contribution in [0, 0.1) is 0 Å². The quantitative estimate of drug-likeness (QED) is 0.514. The van der Waals surface area contributed by atoms with E-state index < -0.39 is 11.8 Å². The average Bonchev–Trinajstić information content (AvgIpc) is 3.36. The molecule has 126 valence electrons. The van der Waals surface area contributed by atoms with Crippen molar-refractivity contribution in [2.45, 2.75) is 0 Å². The monoisotopic (exact) mass is 372 g/mol. The molecule has 0 saturated carbocycles. The van der Waals surface area contributed by atoms with Crippen molar-refractivity contribution in [3.8, 4) is 0 Å². The van der Waals surface area contributed by atoms with Crippen LogP contribution in [0.5, 0.6) is 0 Å². The molecule has 0 aromatic carbocycles. The minimum atomic E-state index is -0.549. The highest BCUT2D eigenvalue weighted by molar-refractivity contribution is 7.08. The van der Waals surface area contributed by atoms with Gasteiger partial charge in [0.25, 0.3) is 0 Å². The van der Waals surface area contributed by atoms with E-state index in [4.69, 9.17) is 4.42 Å². The van der Waals surface area contributed by atoms with Crippen molar-refractivity contribution >= 4 is 46.9 Å². The molecule has 2 N–H and O–H groups in total. The van der Waals surface area contributed by atoms with Gasteiger partial charge in [0.05, 0.1) is 12.4 Å². The van der Waals surface area contributed by atoms with Gasteiger partial charge in [-0.3, -0.25) is 9.59 Å². The van der Waals surface area contributed by atoms with Crippen molar-refractivity contribution in [3.05, 3.63) is 68.4 Å². The van der Waals surface area contributed by atoms with E-state index in [0.29, 0.717) is 0 Å². The third-order valence-corrected chi connectivity index (χ3v) is 4.30. The minimum absolute atomic E-state index is 0.0190. The molecule has 0 fully saturated rings. The molecular weight excluding hydrogens is 360 g/mol. The van der Waals surface area contributed by atoms with Crippen molar-refractivity contribution in [2.75, 3.05) is 0 Å². The van der Waals surface area contributed by atoms with E-state index in [9.17, 15) is 9.59 Å². The van der Waals surface area contributed by atoms with Gasteiger partial charge in [-0.2, -0.15) is 32.9 Å². The molecule has 0 atom stereocenters. The van der Waals surface area contributed by atoms with E-state index >= 15 is 0 Å². The summed E-state index contributed by atoms with van der Waals surface area (Å²) in [6.07, 6.45) is 3.04. The first-order valence-electron chi connectivity index (χ1n) is 7.03. The van der Waals surface area contributed by atoms with Crippen molar-refractivity contribution in [1.29, 1.82) is 0 Å². The van der Waals surface area contributed by atoms with E-state index in [2.05, 4.69) is 21.1 Å². The molecule has 3 aromatic rings. The van der Waals surface area contributed by atoms with E-state index in [1.54, 1.807) is 0 Å². The maximum Gasteiger partial charge on any atom is 0.307 e. The van der Waals surface area contributed by atoms with Crippen molar-refractivity contribution in [3.63, 3.8) is 0 Å². The maximum absolute atomic E-state index is 11.9. The van der Waals surface area contributed by atoms with Crippen molar-refractivity contribution in [2.24, 2.45) is 10.2 Å². The highest BCUT2D eigenvalue weighted by atomic mass is 32.1. The Morgan fingerprint density at radius 2 is 1.32 bits per heavy atom. The highest BCUT2D eigenvalue weighted by Gasteiger charge is 2.15. The lowest BCUT2D eigenvalue weighted by Gasteiger charge is -1.96. The smallest absolute Gasteiger partial charge is 0.307 e. The van der Waals surface area contributed by atoms with Crippen LogP contribution in [-0.4, -0.2) is 24.2 Å². The summed E-state index contributed by atoms with van der Waals surface area (Å²) in [5, 5.41) is 15.2. The van der Waals surface area contributed by atoms with Crippen molar-refractivity contribution in [1.82, 2.24) is 10.9 Å². The van der Waals surface area contributed by atoms with Gasteiger partial charge in [-0.05, 0) is 45.8 Å². The van der Waals surface area contributed by atoms with Crippen LogP contribution in [0.2, 0.25) is 0 Å². The maximum atomic E-state index is 11.9. The predicted molar refractivity (Wildman–Crippen MR) is 97.5 cm³/mol. The number of furan rings is 1. The zero-order valence-electron chi connectivity index (χ0n) is 12.7. The average molecular weight is 372 g/mol. The molecule has 9 heteroatoms. The first-order valence-corrected chi connectivity index (χ1v) is 8.92. The zero-order chi connectivity index (χ0) is 17.5. The predicted octanol–water partition coefficient (Wildman–Crippen LogP) is 2.93. The second-order valence-electron chi connectivity index (χ2n) is 4.68. The van der Waals surface area contributed by atoms with Crippen LogP contribution < -0.4 is 10.9 Å². The Kier molecular flexibility index (Phi) is 5.50. The molecule has 0 aliphatic heterocycles. The molecule has 3 heterocycles. The summed E-state index contributed by atoms with van der Waals surface area (Å²) in [5.74, 6) is -1.14. The molecule has 2 amide bonds. The molecule has 0 radical (unpaired) electrons. The number of nitrogens with zero attached hydrogens (tertiary/aromatic N) is 2. The summed E-state index contributed by atoms with van der Waals surface area (Å²) < 4.78 is 5.22. The van der Waals surface area contributed by atoms with E-state index in [1.807, 2.05) is 33.7 Å². The standard InChI is InChI=1S/C16H12N4O3S2/c21-15(19-17-7-11-3-5-24-9-11)13-1-2-14(23-13)16(22)20-18-8-12-4-6-25-10-12/h1-10H,(H,19,21)(H,20,22). The van der Waals surface area contributed by atoms with Gasteiger partial charge >= 0.3 is 11.8 Å². The summed E-state index contributed by atoms with van der Waals surface area (Å²) in [4.78, 5) is 23.8. The Balaban J connectivity index is 1.54. The molecular formula is C16H12N4O3S2. The van der Waals surface area contributed by atoms with Crippen LogP contribution in [0.15, 0.2) is 60.4 Å². The first-order chi connectivity index (χ1) is 12.2. The number of hydrogen-bond donors (Lipinski definition) is 2. The number of carbonyl (C=O) groups is 2. The summed E-state index contributed by atoms with van der Waals surface area (Å²) in [5.41, 5.74) is 6.43. The molecule has 25 heavy (non-hydrogen) atoms. The number of rotatable bonds is 6. The van der Waals surface area contributed by atoms with Gasteiger partial charge in [-0.25, -0.2) is 10.9 Å². The highest BCUT2D eigenvalue weighted by Crippen LogP contribution is 2.08. The second kappa shape index (κ2) is 8.18. The third kappa shape index (κ3) is 4.72. The van der Waals surface area contributed by atoms with Gasteiger partial charge in [-0.1, -0.05) is 0 Å². The molecule has 3 aromatic heterocycles. The number of carbonyl (C=O) groups excluding carboxylic acids is 2. The van der Waals surface area contributed by atoms with Crippen LogP contribution in [0.3, 0.4) is 0 Å². The van der Waals surface area contributed by atoms with Crippen LogP contribution in [0.25, 0.3) is 0 Å². The number of hydrogen-bond acceptors (Lipinski definition) is 7. The second-order valence-corrected chi connectivity index (χ2v) is 6.24. The molecule has 0 unspecified atom stereocenters. The van der Waals surface area contributed by atoms with E-state index in [0.717, 1.165) is 11.1 Å². The molecule has 0 aliphatic rings. The Labute approximate surface area is 150 Å². The van der Waals surface area contributed by atoms with Gasteiger partial charge in [-0.15, -0.1) is 0 Å². The van der Waals surface area contributed by atoms with Crippen molar-refractivity contribution < 1.29 is 14.0 Å². The molecule has 0 aliphatic carbocycles. The van der Waals surface area contributed by atoms with E-state index in [1.165, 1.54) is 47.2 Å². The van der Waals surface area contributed by atoms with Gasteiger partial charge < -0.3 is 4.42 Å². The fraction of sp³-hybridized carbons (Fsp3) is 0. The van der Waals surface area contributed by atoms with Gasteiger partial charge in [0.15, 0.2) is 11.5 Å². The normalized spacial score (nSPS) is 11.2. The van der Waals surface area contributed by atoms with Gasteiger partial charge in [0.2, 0.25) is 0 Å². The van der Waals surface area contributed by atoms with Crippen LogP contribution in [0.1, 0.15) is 32.2 Å². The topological polar surface area (TPSA) is 96.1 Å². The van der Waals surface area contributed by atoms with Crippen LogP contribution >= 0.6 is 22.7 Å². The molecule has 7 nitrogen and oxygen atoms in total. The SMILES string of the molecule is O=C(NN=Cc1ccsc1)c1ccc(C(=O)NN=Cc2ccsc2)o1. The number of amides is 2. The first kappa shape index (κ1) is 16.8.